The minimum atomic E-state index is -0.361. The van der Waals surface area contributed by atoms with Crippen LogP contribution in [0, 0.1) is 0 Å². The molecule has 33 heavy (non-hydrogen) atoms. The number of aromatic nitrogens is 2. The zero-order valence-electron chi connectivity index (χ0n) is 19.9. The summed E-state index contributed by atoms with van der Waals surface area (Å²) >= 11 is 1.38. The molecule has 0 bridgehead atoms. The lowest BCUT2D eigenvalue weighted by molar-refractivity contribution is -0.113. The number of aryl methyl sites for hydroxylation is 1. The summed E-state index contributed by atoms with van der Waals surface area (Å²) in [5.41, 5.74) is 4.02. The molecule has 0 unspecified atom stereocenters. The average Bonchev–Trinajstić information content (AvgIpc) is 3.16. The van der Waals surface area contributed by atoms with Gasteiger partial charge in [-0.1, -0.05) is 11.8 Å². The molecule has 0 aliphatic carbocycles. The summed E-state index contributed by atoms with van der Waals surface area (Å²) in [5, 5.41) is 3.70. The number of nitrogens with zero attached hydrogens (tertiary/aromatic N) is 3. The van der Waals surface area contributed by atoms with Gasteiger partial charge in [0.1, 0.15) is 0 Å². The van der Waals surface area contributed by atoms with Gasteiger partial charge in [0.25, 0.3) is 0 Å². The Hall–Kier alpha value is -3.00. The Labute approximate surface area is 199 Å². The van der Waals surface area contributed by atoms with Gasteiger partial charge in [0.15, 0.2) is 5.16 Å². The van der Waals surface area contributed by atoms with Crippen molar-refractivity contribution in [2.75, 3.05) is 29.1 Å². The third-order valence-electron chi connectivity index (χ3n) is 5.32. The van der Waals surface area contributed by atoms with E-state index in [0.717, 1.165) is 28.6 Å². The van der Waals surface area contributed by atoms with Crippen LogP contribution >= 0.6 is 11.8 Å². The summed E-state index contributed by atoms with van der Waals surface area (Å²) in [6.45, 7) is 12.2. The van der Waals surface area contributed by atoms with Crippen molar-refractivity contribution >= 4 is 46.0 Å². The number of thioether (sulfide) groups is 1. The standard InChI is InChI=1S/C25H32N4O3S/c1-6-28(17(4)5)20-12-10-19(11-13-20)26-23(30)16-33-25-27-21-15-18(24(31)32-8-3)9-14-22(21)29(25)7-2/h9-15,17H,6-8,16H2,1-5H3,(H,26,30). The van der Waals surface area contributed by atoms with E-state index in [0.29, 0.717) is 30.3 Å². The molecule has 0 spiro atoms. The Bertz CT molecular complexity index is 1110. The van der Waals surface area contributed by atoms with Crippen molar-refractivity contribution in [2.24, 2.45) is 0 Å². The fraction of sp³-hybridized carbons (Fsp3) is 0.400. The highest BCUT2D eigenvalue weighted by Gasteiger charge is 2.15. The molecule has 0 aliphatic rings. The van der Waals surface area contributed by atoms with Gasteiger partial charge in [0, 0.05) is 30.5 Å². The maximum Gasteiger partial charge on any atom is 0.338 e. The maximum atomic E-state index is 12.6. The van der Waals surface area contributed by atoms with E-state index >= 15 is 0 Å². The fourth-order valence-corrected chi connectivity index (χ4v) is 4.65. The van der Waals surface area contributed by atoms with E-state index in [2.05, 4.69) is 36.0 Å². The topological polar surface area (TPSA) is 76.5 Å². The molecule has 0 fully saturated rings. The average molecular weight is 469 g/mol. The predicted molar refractivity (Wildman–Crippen MR) is 135 cm³/mol. The third-order valence-corrected chi connectivity index (χ3v) is 6.30. The van der Waals surface area contributed by atoms with Crippen molar-refractivity contribution in [3.8, 4) is 0 Å². The molecule has 8 heteroatoms. The van der Waals surface area contributed by atoms with Crippen LogP contribution in [0.4, 0.5) is 11.4 Å². The second kappa shape index (κ2) is 11.2. The van der Waals surface area contributed by atoms with E-state index in [9.17, 15) is 9.59 Å². The van der Waals surface area contributed by atoms with Gasteiger partial charge >= 0.3 is 5.97 Å². The summed E-state index contributed by atoms with van der Waals surface area (Å²) in [6.07, 6.45) is 0. The Balaban J connectivity index is 1.67. The number of imidazole rings is 1. The SMILES string of the molecule is CCOC(=O)c1ccc2c(c1)nc(SCC(=O)Nc1ccc(N(CC)C(C)C)cc1)n2CC. The molecule has 1 N–H and O–H groups in total. The number of esters is 1. The summed E-state index contributed by atoms with van der Waals surface area (Å²) in [5.74, 6) is -0.213. The molecular weight excluding hydrogens is 436 g/mol. The van der Waals surface area contributed by atoms with Gasteiger partial charge in [0.05, 0.1) is 29.0 Å². The molecule has 0 saturated heterocycles. The number of fused-ring (bicyclic) bond motifs is 1. The lowest BCUT2D eigenvalue weighted by atomic mass is 10.2. The Morgan fingerprint density at radius 3 is 2.45 bits per heavy atom. The van der Waals surface area contributed by atoms with E-state index in [1.54, 1.807) is 19.1 Å². The van der Waals surface area contributed by atoms with E-state index in [-0.39, 0.29) is 17.6 Å². The molecule has 3 rings (SSSR count). The van der Waals surface area contributed by atoms with Crippen LogP contribution in [0.1, 0.15) is 45.0 Å². The first kappa shape index (κ1) is 24.6. The number of rotatable bonds is 10. The van der Waals surface area contributed by atoms with E-state index in [1.807, 2.05) is 41.8 Å². The molecule has 1 heterocycles. The largest absolute Gasteiger partial charge is 0.462 e. The Kier molecular flexibility index (Phi) is 8.38. The first-order valence-corrected chi connectivity index (χ1v) is 12.3. The van der Waals surface area contributed by atoms with Crippen molar-refractivity contribution in [1.29, 1.82) is 0 Å². The summed E-state index contributed by atoms with van der Waals surface area (Å²) in [7, 11) is 0. The van der Waals surface area contributed by atoms with Gasteiger partial charge in [-0.15, -0.1) is 0 Å². The summed E-state index contributed by atoms with van der Waals surface area (Å²) < 4.78 is 7.12. The smallest absolute Gasteiger partial charge is 0.338 e. The zero-order chi connectivity index (χ0) is 24.0. The first-order valence-electron chi connectivity index (χ1n) is 11.3. The van der Waals surface area contributed by atoms with Gasteiger partial charge in [-0.25, -0.2) is 9.78 Å². The molecular formula is C25H32N4O3S. The van der Waals surface area contributed by atoms with Crippen molar-refractivity contribution in [2.45, 2.75) is 52.4 Å². The van der Waals surface area contributed by atoms with Crippen LogP contribution in [0.25, 0.3) is 11.0 Å². The fourth-order valence-electron chi connectivity index (χ4n) is 3.77. The Morgan fingerprint density at radius 2 is 1.85 bits per heavy atom. The van der Waals surface area contributed by atoms with Crippen molar-refractivity contribution in [3.63, 3.8) is 0 Å². The molecule has 0 atom stereocenters. The quantitative estimate of drug-likeness (QED) is 0.326. The van der Waals surface area contributed by atoms with Gasteiger partial charge in [0.2, 0.25) is 5.91 Å². The van der Waals surface area contributed by atoms with Crippen molar-refractivity contribution in [3.05, 3.63) is 48.0 Å². The van der Waals surface area contributed by atoms with Gasteiger partial charge in [-0.2, -0.15) is 0 Å². The number of hydrogen-bond donors (Lipinski definition) is 1. The number of amides is 1. The van der Waals surface area contributed by atoms with Gasteiger partial charge in [-0.05, 0) is 77.1 Å². The zero-order valence-corrected chi connectivity index (χ0v) is 20.7. The number of ether oxygens (including phenoxy) is 1. The van der Waals surface area contributed by atoms with Crippen LogP contribution in [0.5, 0.6) is 0 Å². The van der Waals surface area contributed by atoms with E-state index < -0.39 is 0 Å². The third kappa shape index (κ3) is 5.87. The van der Waals surface area contributed by atoms with E-state index in [1.165, 1.54) is 11.8 Å². The highest BCUT2D eigenvalue weighted by atomic mass is 32.2. The van der Waals surface area contributed by atoms with Crippen LogP contribution in [-0.2, 0) is 16.1 Å². The molecule has 0 aliphatic heterocycles. The van der Waals surface area contributed by atoms with Crippen LogP contribution in [-0.4, -0.2) is 46.4 Å². The van der Waals surface area contributed by atoms with Gasteiger partial charge in [-0.3, -0.25) is 4.79 Å². The predicted octanol–water partition coefficient (Wildman–Crippen LogP) is 5.20. The number of anilines is 2. The molecule has 0 radical (unpaired) electrons. The maximum absolute atomic E-state index is 12.6. The summed E-state index contributed by atoms with van der Waals surface area (Å²) in [6, 6.07) is 13.7. The number of carbonyl (C=O) groups is 2. The molecule has 0 saturated carbocycles. The minimum Gasteiger partial charge on any atom is -0.462 e. The van der Waals surface area contributed by atoms with Gasteiger partial charge < -0.3 is 19.5 Å². The lowest BCUT2D eigenvalue weighted by Crippen LogP contribution is -2.30. The summed E-state index contributed by atoms with van der Waals surface area (Å²) in [4.78, 5) is 31.5. The van der Waals surface area contributed by atoms with Crippen molar-refractivity contribution in [1.82, 2.24) is 9.55 Å². The first-order chi connectivity index (χ1) is 15.9. The van der Waals surface area contributed by atoms with Crippen LogP contribution in [0.2, 0.25) is 0 Å². The molecule has 1 aromatic heterocycles. The molecule has 7 nitrogen and oxygen atoms in total. The van der Waals surface area contributed by atoms with Crippen LogP contribution < -0.4 is 10.2 Å². The highest BCUT2D eigenvalue weighted by molar-refractivity contribution is 7.99. The molecule has 176 valence electrons. The number of carbonyl (C=O) groups excluding carboxylic acids is 2. The minimum absolute atomic E-state index is 0.0918. The molecule has 2 aromatic carbocycles. The number of benzene rings is 2. The van der Waals surface area contributed by atoms with Crippen LogP contribution in [0.3, 0.4) is 0 Å². The number of hydrogen-bond acceptors (Lipinski definition) is 6. The molecule has 1 amide bonds. The Morgan fingerprint density at radius 1 is 1.12 bits per heavy atom. The monoisotopic (exact) mass is 468 g/mol. The second-order valence-electron chi connectivity index (χ2n) is 7.83. The van der Waals surface area contributed by atoms with Crippen molar-refractivity contribution < 1.29 is 14.3 Å². The van der Waals surface area contributed by atoms with Crippen LogP contribution in [0.15, 0.2) is 47.6 Å². The van der Waals surface area contributed by atoms with E-state index in [4.69, 9.17) is 4.74 Å². The normalized spacial score (nSPS) is 11.1. The lowest BCUT2D eigenvalue weighted by Gasteiger charge is -2.27. The molecule has 3 aromatic rings. The highest BCUT2D eigenvalue weighted by Crippen LogP contribution is 2.26. The second-order valence-corrected chi connectivity index (χ2v) is 8.77. The number of nitrogens with one attached hydrogen (secondary N) is 1.